The number of halogens is 3. The minimum Gasteiger partial charge on any atom is -0.342 e. The molecule has 0 fully saturated rings. The lowest BCUT2D eigenvalue weighted by Gasteiger charge is -2.13. The van der Waals surface area contributed by atoms with E-state index in [1.165, 1.54) is 0 Å². The fourth-order valence-corrected chi connectivity index (χ4v) is 3.07. The number of aldehydes is 2. The second kappa shape index (κ2) is 10.2. The maximum Gasteiger partial charge on any atom is 0.222 e. The number of carbonyl (C=O) groups is 2. The van der Waals surface area contributed by atoms with E-state index in [0.717, 1.165) is 24.3 Å². The molecule has 0 spiro atoms. The van der Waals surface area contributed by atoms with Crippen molar-refractivity contribution in [2.24, 2.45) is 0 Å². The van der Waals surface area contributed by atoms with Gasteiger partial charge in [-0.1, -0.05) is 5.92 Å². The molecule has 2 rings (SSSR count). The molecule has 0 unspecified atom stereocenters. The smallest absolute Gasteiger partial charge is 0.222 e. The standard InChI is InChI=1S/C21H17BrF2O4/c1-3-27-20(28-4-2)6-5-17-13(11-25)7-15(23)9-18(17)19-10-16(24)8-14(12-26)21(19)22/h7-12,20H,3-4H2,1-2H3. The quantitative estimate of drug-likeness (QED) is 0.346. The number of hydrogen-bond donors (Lipinski definition) is 0. The normalized spacial score (nSPS) is 10.5. The number of ether oxygens (including phenoxy) is 2. The van der Waals surface area contributed by atoms with Crippen molar-refractivity contribution in [1.29, 1.82) is 0 Å². The molecule has 0 amide bonds. The van der Waals surface area contributed by atoms with Gasteiger partial charge in [-0.25, -0.2) is 8.78 Å². The summed E-state index contributed by atoms with van der Waals surface area (Å²) >= 11 is 3.24. The molecule has 28 heavy (non-hydrogen) atoms. The van der Waals surface area contributed by atoms with E-state index >= 15 is 0 Å². The molecule has 2 aromatic carbocycles. The predicted octanol–water partition coefficient (Wildman–Crippen LogP) is 4.77. The molecule has 0 aliphatic rings. The molecule has 4 nitrogen and oxygen atoms in total. The summed E-state index contributed by atoms with van der Waals surface area (Å²) in [5.74, 6) is 4.15. The van der Waals surface area contributed by atoms with E-state index in [1.807, 2.05) is 0 Å². The molecule has 0 radical (unpaired) electrons. The summed E-state index contributed by atoms with van der Waals surface area (Å²) in [7, 11) is 0. The first kappa shape index (κ1) is 21.9. The van der Waals surface area contributed by atoms with Gasteiger partial charge in [0.15, 0.2) is 12.6 Å². The van der Waals surface area contributed by atoms with Gasteiger partial charge in [-0.2, -0.15) is 0 Å². The molecule has 0 aromatic heterocycles. The van der Waals surface area contributed by atoms with Gasteiger partial charge in [-0.15, -0.1) is 0 Å². The number of benzene rings is 2. The Hall–Kier alpha value is -2.40. The van der Waals surface area contributed by atoms with Gasteiger partial charge in [0, 0.05) is 45.5 Å². The Balaban J connectivity index is 2.73. The third kappa shape index (κ3) is 5.10. The number of carbonyl (C=O) groups excluding carboxylic acids is 2. The van der Waals surface area contributed by atoms with E-state index in [0.29, 0.717) is 25.8 Å². The molecule has 0 saturated heterocycles. The maximum atomic E-state index is 14.1. The molecule has 0 bridgehead atoms. The Bertz CT molecular complexity index is 942. The predicted molar refractivity (Wildman–Crippen MR) is 104 cm³/mol. The summed E-state index contributed by atoms with van der Waals surface area (Å²) in [6, 6.07) is 4.34. The van der Waals surface area contributed by atoms with Crippen LogP contribution in [0.1, 0.15) is 40.1 Å². The number of hydrogen-bond acceptors (Lipinski definition) is 4. The van der Waals surface area contributed by atoms with Crippen molar-refractivity contribution < 1.29 is 27.8 Å². The molecule has 0 aliphatic heterocycles. The summed E-state index contributed by atoms with van der Waals surface area (Å²) < 4.78 is 39.1. The van der Waals surface area contributed by atoms with E-state index < -0.39 is 17.9 Å². The Labute approximate surface area is 170 Å². The molecule has 0 atom stereocenters. The molecule has 2 aromatic rings. The van der Waals surface area contributed by atoms with Gasteiger partial charge < -0.3 is 9.47 Å². The van der Waals surface area contributed by atoms with Crippen molar-refractivity contribution in [3.05, 3.63) is 57.1 Å². The van der Waals surface area contributed by atoms with Crippen LogP contribution in [0.4, 0.5) is 8.78 Å². The average Bonchev–Trinajstić information content (AvgIpc) is 2.67. The fourth-order valence-electron chi connectivity index (χ4n) is 2.53. The van der Waals surface area contributed by atoms with Crippen LogP contribution in [0, 0.1) is 23.5 Å². The van der Waals surface area contributed by atoms with Crippen molar-refractivity contribution in [1.82, 2.24) is 0 Å². The summed E-state index contributed by atoms with van der Waals surface area (Å²) in [5.41, 5.74) is 0.559. The van der Waals surface area contributed by atoms with Crippen LogP contribution < -0.4 is 0 Å². The zero-order valence-corrected chi connectivity index (χ0v) is 16.8. The Morgan fingerprint density at radius 2 is 1.50 bits per heavy atom. The first-order chi connectivity index (χ1) is 13.4. The first-order valence-corrected chi connectivity index (χ1v) is 9.22. The zero-order valence-electron chi connectivity index (χ0n) is 15.2. The minimum atomic E-state index is -0.839. The molecule has 0 saturated carbocycles. The molecule has 0 N–H and O–H groups in total. The minimum absolute atomic E-state index is 0.0157. The lowest BCUT2D eigenvalue weighted by molar-refractivity contribution is -0.0969. The van der Waals surface area contributed by atoms with Gasteiger partial charge in [0.25, 0.3) is 0 Å². The Kier molecular flexibility index (Phi) is 8.00. The third-order valence-electron chi connectivity index (χ3n) is 3.69. The second-order valence-corrected chi connectivity index (χ2v) is 6.31. The largest absolute Gasteiger partial charge is 0.342 e. The van der Waals surface area contributed by atoms with Crippen molar-refractivity contribution in [2.75, 3.05) is 13.2 Å². The van der Waals surface area contributed by atoms with Crippen LogP contribution in [0.25, 0.3) is 11.1 Å². The average molecular weight is 451 g/mol. The Morgan fingerprint density at radius 3 is 2.04 bits per heavy atom. The monoisotopic (exact) mass is 450 g/mol. The van der Waals surface area contributed by atoms with E-state index in [4.69, 9.17) is 9.47 Å². The lowest BCUT2D eigenvalue weighted by atomic mass is 9.94. The van der Waals surface area contributed by atoms with Gasteiger partial charge >= 0.3 is 0 Å². The summed E-state index contributed by atoms with van der Waals surface area (Å²) in [6.07, 6.45) is 0.0945. The SMILES string of the molecule is CCOC(C#Cc1c(C=O)cc(F)cc1-c1cc(F)cc(C=O)c1Br)OCC. The van der Waals surface area contributed by atoms with Crippen LogP contribution in [0.3, 0.4) is 0 Å². The van der Waals surface area contributed by atoms with Crippen molar-refractivity contribution >= 4 is 28.5 Å². The van der Waals surface area contributed by atoms with Crippen LogP contribution in [-0.2, 0) is 9.47 Å². The van der Waals surface area contributed by atoms with Crippen LogP contribution in [0.15, 0.2) is 28.7 Å². The second-order valence-electron chi connectivity index (χ2n) is 5.52. The maximum absolute atomic E-state index is 14.1. The molecule has 0 aliphatic carbocycles. The molecular weight excluding hydrogens is 434 g/mol. The molecule has 146 valence electrons. The van der Waals surface area contributed by atoms with E-state index in [1.54, 1.807) is 13.8 Å². The van der Waals surface area contributed by atoms with Gasteiger partial charge in [-0.05, 0) is 60.0 Å². The fraction of sp³-hybridized carbons (Fsp3) is 0.238. The molecule has 0 heterocycles. The van der Waals surface area contributed by atoms with Gasteiger partial charge in [-0.3, -0.25) is 9.59 Å². The van der Waals surface area contributed by atoms with Crippen LogP contribution >= 0.6 is 15.9 Å². The van der Waals surface area contributed by atoms with Gasteiger partial charge in [0.1, 0.15) is 11.6 Å². The highest BCUT2D eigenvalue weighted by Gasteiger charge is 2.17. The van der Waals surface area contributed by atoms with Gasteiger partial charge in [0.05, 0.1) is 0 Å². The molecular formula is C21H17BrF2O4. The highest BCUT2D eigenvalue weighted by atomic mass is 79.9. The lowest BCUT2D eigenvalue weighted by Crippen LogP contribution is -2.14. The van der Waals surface area contributed by atoms with Crippen molar-refractivity contribution in [3.8, 4) is 23.0 Å². The van der Waals surface area contributed by atoms with E-state index in [9.17, 15) is 18.4 Å². The summed E-state index contributed by atoms with van der Waals surface area (Å²) in [6.45, 7) is 4.26. The highest BCUT2D eigenvalue weighted by Crippen LogP contribution is 2.35. The van der Waals surface area contributed by atoms with Crippen molar-refractivity contribution in [2.45, 2.75) is 20.1 Å². The summed E-state index contributed by atoms with van der Waals surface area (Å²) in [5, 5.41) is 0. The van der Waals surface area contributed by atoms with Crippen molar-refractivity contribution in [3.63, 3.8) is 0 Å². The van der Waals surface area contributed by atoms with Crippen LogP contribution in [-0.4, -0.2) is 32.1 Å². The number of rotatable bonds is 7. The van der Waals surface area contributed by atoms with E-state index in [2.05, 4.69) is 27.8 Å². The highest BCUT2D eigenvalue weighted by molar-refractivity contribution is 9.10. The zero-order chi connectivity index (χ0) is 20.7. The molecule has 7 heteroatoms. The van der Waals surface area contributed by atoms with Crippen LogP contribution in [0.5, 0.6) is 0 Å². The van der Waals surface area contributed by atoms with Gasteiger partial charge in [0.2, 0.25) is 6.29 Å². The van der Waals surface area contributed by atoms with E-state index in [-0.39, 0.29) is 32.3 Å². The van der Waals surface area contributed by atoms with Crippen LogP contribution in [0.2, 0.25) is 0 Å². The third-order valence-corrected chi connectivity index (χ3v) is 4.58. The first-order valence-electron chi connectivity index (χ1n) is 8.43. The Morgan fingerprint density at radius 1 is 0.964 bits per heavy atom. The summed E-state index contributed by atoms with van der Waals surface area (Å²) in [4.78, 5) is 22.7. The topological polar surface area (TPSA) is 52.6 Å².